The van der Waals surface area contributed by atoms with Gasteiger partial charge in [0.15, 0.2) is 5.78 Å². The maximum atomic E-state index is 12.1. The zero-order chi connectivity index (χ0) is 14.3. The molecule has 0 fully saturated rings. The fraction of sp³-hybridized carbons (Fsp3) is 0.133. The van der Waals surface area contributed by atoms with Gasteiger partial charge in [-0.15, -0.1) is 0 Å². The summed E-state index contributed by atoms with van der Waals surface area (Å²) in [5.74, 6) is -1.85. The molecule has 0 saturated heterocycles. The standard InChI is InChI=1S/C15H12O5/c16-10-3-1-9(2-4-10)15(19)8-13(18)12-7-11(17)5-6-14(12)20-15/h1-7,16-17,19H,8H2. The van der Waals surface area contributed by atoms with Gasteiger partial charge in [0.1, 0.15) is 17.2 Å². The lowest BCUT2D eigenvalue weighted by atomic mass is 9.93. The maximum Gasteiger partial charge on any atom is 0.242 e. The third-order valence-corrected chi connectivity index (χ3v) is 3.26. The molecule has 0 radical (unpaired) electrons. The predicted octanol–water partition coefficient (Wildman–Crippen LogP) is 1.91. The third kappa shape index (κ3) is 1.98. The van der Waals surface area contributed by atoms with Gasteiger partial charge in [0.05, 0.1) is 12.0 Å². The molecule has 1 atom stereocenters. The number of phenolic OH excluding ortho intramolecular Hbond substituents is 2. The number of ether oxygens (including phenoxy) is 1. The average molecular weight is 272 g/mol. The van der Waals surface area contributed by atoms with Crippen LogP contribution < -0.4 is 4.74 Å². The minimum atomic E-state index is -1.77. The Morgan fingerprint density at radius 3 is 2.35 bits per heavy atom. The number of phenols is 2. The molecule has 1 aliphatic rings. The summed E-state index contributed by atoms with van der Waals surface area (Å²) in [5.41, 5.74) is 0.621. The van der Waals surface area contributed by atoms with E-state index in [4.69, 9.17) is 4.74 Å². The van der Waals surface area contributed by atoms with Crippen LogP contribution in [0.15, 0.2) is 42.5 Å². The second-order valence-electron chi connectivity index (χ2n) is 4.71. The molecule has 102 valence electrons. The molecule has 1 unspecified atom stereocenters. The van der Waals surface area contributed by atoms with Crippen molar-refractivity contribution in [3.63, 3.8) is 0 Å². The van der Waals surface area contributed by atoms with Crippen LogP contribution in [0.3, 0.4) is 0 Å². The van der Waals surface area contributed by atoms with Crippen LogP contribution in [-0.4, -0.2) is 21.1 Å². The van der Waals surface area contributed by atoms with Crippen LogP contribution in [0.4, 0.5) is 0 Å². The Labute approximate surface area is 114 Å². The summed E-state index contributed by atoms with van der Waals surface area (Å²) in [6, 6.07) is 9.94. The van der Waals surface area contributed by atoms with Crippen molar-refractivity contribution in [3.8, 4) is 17.2 Å². The van der Waals surface area contributed by atoms with Crippen molar-refractivity contribution in [2.45, 2.75) is 12.2 Å². The Morgan fingerprint density at radius 2 is 1.65 bits per heavy atom. The molecule has 0 aromatic heterocycles. The summed E-state index contributed by atoms with van der Waals surface area (Å²) in [5, 5.41) is 29.2. The number of hydrogen-bond donors (Lipinski definition) is 3. The highest BCUT2D eigenvalue weighted by atomic mass is 16.6. The van der Waals surface area contributed by atoms with Crippen LogP contribution in [0.5, 0.6) is 17.2 Å². The Kier molecular flexibility index (Phi) is 2.65. The van der Waals surface area contributed by atoms with E-state index in [9.17, 15) is 20.1 Å². The topological polar surface area (TPSA) is 87.0 Å². The molecule has 3 N–H and O–H groups in total. The van der Waals surface area contributed by atoms with Gasteiger partial charge in [0.25, 0.3) is 0 Å². The van der Waals surface area contributed by atoms with Crippen molar-refractivity contribution < 1.29 is 24.9 Å². The number of Topliss-reactive ketones (excluding diaryl/α,β-unsaturated/α-hetero) is 1. The van der Waals surface area contributed by atoms with Gasteiger partial charge in [-0.2, -0.15) is 0 Å². The van der Waals surface area contributed by atoms with Crippen LogP contribution in [0.2, 0.25) is 0 Å². The van der Waals surface area contributed by atoms with Crippen molar-refractivity contribution in [2.24, 2.45) is 0 Å². The molecule has 20 heavy (non-hydrogen) atoms. The number of aliphatic hydroxyl groups is 1. The monoisotopic (exact) mass is 272 g/mol. The number of carbonyl (C=O) groups excluding carboxylic acids is 1. The molecule has 2 aromatic carbocycles. The first kappa shape index (κ1) is 12.5. The highest BCUT2D eigenvalue weighted by molar-refractivity contribution is 6.00. The second-order valence-corrected chi connectivity index (χ2v) is 4.71. The zero-order valence-electron chi connectivity index (χ0n) is 10.4. The Bertz CT molecular complexity index is 677. The average Bonchev–Trinajstić information content (AvgIpc) is 2.40. The third-order valence-electron chi connectivity index (χ3n) is 3.26. The summed E-state index contributed by atoms with van der Waals surface area (Å²) in [6.45, 7) is 0. The van der Waals surface area contributed by atoms with E-state index >= 15 is 0 Å². The van der Waals surface area contributed by atoms with E-state index in [1.807, 2.05) is 0 Å². The fourth-order valence-corrected chi connectivity index (χ4v) is 2.24. The Balaban J connectivity index is 2.04. The van der Waals surface area contributed by atoms with Crippen molar-refractivity contribution in [1.29, 1.82) is 0 Å². The summed E-state index contributed by atoms with van der Waals surface area (Å²) in [6.07, 6.45) is -0.256. The van der Waals surface area contributed by atoms with E-state index in [1.54, 1.807) is 0 Å². The van der Waals surface area contributed by atoms with Crippen LogP contribution in [-0.2, 0) is 5.79 Å². The molecule has 1 heterocycles. The number of hydrogen-bond acceptors (Lipinski definition) is 5. The van der Waals surface area contributed by atoms with Crippen molar-refractivity contribution >= 4 is 5.78 Å². The van der Waals surface area contributed by atoms with E-state index in [0.717, 1.165) is 0 Å². The van der Waals surface area contributed by atoms with Gasteiger partial charge in [0, 0.05) is 5.56 Å². The van der Waals surface area contributed by atoms with E-state index in [2.05, 4.69) is 0 Å². The first-order chi connectivity index (χ1) is 9.48. The zero-order valence-corrected chi connectivity index (χ0v) is 10.4. The van der Waals surface area contributed by atoms with Gasteiger partial charge < -0.3 is 20.1 Å². The molecule has 2 aromatic rings. The van der Waals surface area contributed by atoms with Crippen LogP contribution >= 0.6 is 0 Å². The fourth-order valence-electron chi connectivity index (χ4n) is 2.24. The summed E-state index contributed by atoms with van der Waals surface area (Å²) < 4.78 is 5.51. The highest BCUT2D eigenvalue weighted by Gasteiger charge is 2.40. The predicted molar refractivity (Wildman–Crippen MR) is 69.7 cm³/mol. The van der Waals surface area contributed by atoms with Crippen molar-refractivity contribution in [1.82, 2.24) is 0 Å². The van der Waals surface area contributed by atoms with Gasteiger partial charge in [-0.1, -0.05) is 0 Å². The van der Waals surface area contributed by atoms with E-state index in [1.165, 1.54) is 42.5 Å². The van der Waals surface area contributed by atoms with Gasteiger partial charge in [-0.05, 0) is 42.5 Å². The molecule has 0 bridgehead atoms. The molecular formula is C15H12O5. The van der Waals surface area contributed by atoms with Gasteiger partial charge in [-0.3, -0.25) is 4.79 Å². The Hall–Kier alpha value is -2.53. The first-order valence-corrected chi connectivity index (χ1v) is 6.05. The highest BCUT2D eigenvalue weighted by Crippen LogP contribution is 2.39. The van der Waals surface area contributed by atoms with Crippen molar-refractivity contribution in [2.75, 3.05) is 0 Å². The number of fused-ring (bicyclic) bond motifs is 1. The molecule has 1 aliphatic heterocycles. The summed E-state index contributed by atoms with van der Waals surface area (Å²) in [7, 11) is 0. The van der Waals surface area contributed by atoms with Crippen LogP contribution in [0.1, 0.15) is 22.3 Å². The van der Waals surface area contributed by atoms with Gasteiger partial charge in [-0.25, -0.2) is 0 Å². The number of benzene rings is 2. The molecule has 0 saturated carbocycles. The molecule has 5 heteroatoms. The minimum Gasteiger partial charge on any atom is -0.508 e. The minimum absolute atomic E-state index is 0.0317. The lowest BCUT2D eigenvalue weighted by Gasteiger charge is -2.33. The van der Waals surface area contributed by atoms with E-state index in [-0.39, 0.29) is 35.0 Å². The smallest absolute Gasteiger partial charge is 0.242 e. The number of rotatable bonds is 1. The number of ketones is 1. The largest absolute Gasteiger partial charge is 0.508 e. The van der Waals surface area contributed by atoms with E-state index < -0.39 is 5.79 Å². The molecule has 3 rings (SSSR count). The molecule has 5 nitrogen and oxygen atoms in total. The van der Waals surface area contributed by atoms with E-state index in [0.29, 0.717) is 5.56 Å². The van der Waals surface area contributed by atoms with Crippen molar-refractivity contribution in [3.05, 3.63) is 53.6 Å². The summed E-state index contributed by atoms with van der Waals surface area (Å²) in [4.78, 5) is 12.1. The lowest BCUT2D eigenvalue weighted by Crippen LogP contribution is -2.39. The quantitative estimate of drug-likeness (QED) is 0.738. The first-order valence-electron chi connectivity index (χ1n) is 6.05. The molecular weight excluding hydrogens is 260 g/mol. The molecule has 0 aliphatic carbocycles. The van der Waals surface area contributed by atoms with Crippen LogP contribution in [0.25, 0.3) is 0 Å². The SMILES string of the molecule is O=C1CC(O)(c2ccc(O)cc2)Oc2ccc(O)cc21. The maximum absolute atomic E-state index is 12.1. The van der Waals surface area contributed by atoms with Gasteiger partial charge in [0.2, 0.25) is 5.79 Å². The van der Waals surface area contributed by atoms with Gasteiger partial charge >= 0.3 is 0 Å². The Morgan fingerprint density at radius 1 is 1.00 bits per heavy atom. The molecule has 0 spiro atoms. The normalized spacial score (nSPS) is 21.1. The van der Waals surface area contributed by atoms with Crippen LogP contribution in [0, 0.1) is 0 Å². The molecule has 0 amide bonds. The number of carbonyl (C=O) groups is 1. The summed E-state index contributed by atoms with van der Waals surface area (Å²) >= 11 is 0. The number of aromatic hydroxyl groups is 2. The lowest BCUT2D eigenvalue weighted by molar-refractivity contribution is -0.147. The second kappa shape index (κ2) is 4.25.